The third-order valence-corrected chi connectivity index (χ3v) is 4.13. The first-order valence-electron chi connectivity index (χ1n) is 9.15. The summed E-state index contributed by atoms with van der Waals surface area (Å²) in [7, 11) is 0. The Morgan fingerprint density at radius 2 is 1.67 bits per heavy atom. The second-order valence-corrected chi connectivity index (χ2v) is 6.51. The number of hydrogen-bond donors (Lipinski definition) is 1. The summed E-state index contributed by atoms with van der Waals surface area (Å²) >= 11 is 0. The lowest BCUT2D eigenvalue weighted by Crippen LogP contribution is -2.20. The lowest BCUT2D eigenvalue weighted by Gasteiger charge is -2.08. The Balaban J connectivity index is 1.53. The SMILES string of the molecule is O=C(Cc1cccc(C(F)(F)F)c1)N/N=C\c1cccc(OCc2ccccc2)c1. The number of alkyl halides is 3. The first kappa shape index (κ1) is 21.1. The molecule has 0 fully saturated rings. The van der Waals surface area contributed by atoms with Gasteiger partial charge in [-0.25, -0.2) is 5.43 Å². The van der Waals surface area contributed by atoms with Crippen LogP contribution in [-0.4, -0.2) is 12.1 Å². The highest BCUT2D eigenvalue weighted by molar-refractivity contribution is 5.83. The molecule has 4 nitrogen and oxygen atoms in total. The zero-order chi connectivity index (χ0) is 21.4. The van der Waals surface area contributed by atoms with Crippen molar-refractivity contribution in [3.63, 3.8) is 0 Å². The third kappa shape index (κ3) is 6.48. The van der Waals surface area contributed by atoms with Crippen LogP contribution in [0.4, 0.5) is 13.2 Å². The summed E-state index contributed by atoms with van der Waals surface area (Å²) in [4.78, 5) is 12.0. The van der Waals surface area contributed by atoms with E-state index in [9.17, 15) is 18.0 Å². The van der Waals surface area contributed by atoms with Gasteiger partial charge in [-0.2, -0.15) is 18.3 Å². The molecule has 0 aliphatic rings. The minimum atomic E-state index is -4.45. The molecule has 3 rings (SSSR count). The number of carbonyl (C=O) groups excluding carboxylic acids is 1. The van der Waals surface area contributed by atoms with E-state index >= 15 is 0 Å². The fourth-order valence-corrected chi connectivity index (χ4v) is 2.69. The van der Waals surface area contributed by atoms with E-state index in [4.69, 9.17) is 4.74 Å². The molecule has 0 bridgehead atoms. The number of halogens is 3. The van der Waals surface area contributed by atoms with E-state index < -0.39 is 17.6 Å². The highest BCUT2D eigenvalue weighted by Crippen LogP contribution is 2.29. The number of hydrogen-bond acceptors (Lipinski definition) is 3. The van der Waals surface area contributed by atoms with Crippen LogP contribution in [0.2, 0.25) is 0 Å². The van der Waals surface area contributed by atoms with Crippen molar-refractivity contribution in [1.29, 1.82) is 0 Å². The maximum atomic E-state index is 12.7. The Morgan fingerprint density at radius 1 is 0.933 bits per heavy atom. The number of hydrazone groups is 1. The molecule has 0 saturated heterocycles. The van der Waals surface area contributed by atoms with Crippen molar-refractivity contribution in [2.45, 2.75) is 19.2 Å². The van der Waals surface area contributed by atoms with Gasteiger partial charge in [0.25, 0.3) is 0 Å². The molecule has 7 heteroatoms. The molecule has 0 unspecified atom stereocenters. The molecule has 1 amide bonds. The van der Waals surface area contributed by atoms with E-state index in [1.165, 1.54) is 18.3 Å². The van der Waals surface area contributed by atoms with Crippen LogP contribution in [0.15, 0.2) is 84.0 Å². The molecule has 0 heterocycles. The van der Waals surface area contributed by atoms with Crippen LogP contribution in [0.1, 0.15) is 22.3 Å². The van der Waals surface area contributed by atoms with E-state index in [0.717, 1.165) is 17.7 Å². The number of nitrogens with one attached hydrogen (secondary N) is 1. The Kier molecular flexibility index (Phi) is 6.85. The molecule has 0 aliphatic heterocycles. The van der Waals surface area contributed by atoms with Gasteiger partial charge in [-0.05, 0) is 34.9 Å². The van der Waals surface area contributed by atoms with Gasteiger partial charge in [-0.1, -0.05) is 60.7 Å². The van der Waals surface area contributed by atoms with Crippen LogP contribution >= 0.6 is 0 Å². The van der Waals surface area contributed by atoms with E-state index in [-0.39, 0.29) is 12.0 Å². The van der Waals surface area contributed by atoms with Gasteiger partial charge in [-0.3, -0.25) is 4.79 Å². The minimum Gasteiger partial charge on any atom is -0.489 e. The number of carbonyl (C=O) groups is 1. The molecule has 3 aromatic carbocycles. The maximum absolute atomic E-state index is 12.7. The number of rotatable bonds is 7. The lowest BCUT2D eigenvalue weighted by atomic mass is 10.1. The lowest BCUT2D eigenvalue weighted by molar-refractivity contribution is -0.137. The number of amides is 1. The Hall–Kier alpha value is -3.61. The monoisotopic (exact) mass is 412 g/mol. The second kappa shape index (κ2) is 9.73. The van der Waals surface area contributed by atoms with E-state index in [1.54, 1.807) is 18.2 Å². The van der Waals surface area contributed by atoms with E-state index in [0.29, 0.717) is 17.9 Å². The molecule has 0 radical (unpaired) electrons. The molecule has 30 heavy (non-hydrogen) atoms. The minimum absolute atomic E-state index is 0.207. The Bertz CT molecular complexity index is 1020. The zero-order valence-corrected chi connectivity index (χ0v) is 15.9. The highest BCUT2D eigenvalue weighted by Gasteiger charge is 2.30. The van der Waals surface area contributed by atoms with Crippen molar-refractivity contribution in [1.82, 2.24) is 5.43 Å². The number of benzene rings is 3. The quantitative estimate of drug-likeness (QED) is 0.440. The summed E-state index contributed by atoms with van der Waals surface area (Å²) in [5, 5.41) is 3.87. The van der Waals surface area contributed by atoms with Crippen LogP contribution in [0.5, 0.6) is 5.75 Å². The van der Waals surface area contributed by atoms with E-state index in [2.05, 4.69) is 10.5 Å². The molecule has 0 spiro atoms. The van der Waals surface area contributed by atoms with Crippen LogP contribution in [0.3, 0.4) is 0 Å². The molecule has 1 N–H and O–H groups in total. The molecule has 0 aromatic heterocycles. The summed E-state index contributed by atoms with van der Waals surface area (Å²) in [5.74, 6) is 0.139. The summed E-state index contributed by atoms with van der Waals surface area (Å²) in [6.07, 6.45) is -3.21. The average Bonchev–Trinajstić information content (AvgIpc) is 2.73. The third-order valence-electron chi connectivity index (χ3n) is 4.13. The highest BCUT2D eigenvalue weighted by atomic mass is 19.4. The molecule has 3 aromatic rings. The predicted molar refractivity (Wildman–Crippen MR) is 108 cm³/mol. The molecular formula is C23H19F3N2O2. The number of nitrogens with zero attached hydrogens (tertiary/aromatic N) is 1. The van der Waals surface area contributed by atoms with Gasteiger partial charge in [-0.15, -0.1) is 0 Å². The van der Waals surface area contributed by atoms with Crippen LogP contribution in [-0.2, 0) is 24.0 Å². The molecule has 154 valence electrons. The maximum Gasteiger partial charge on any atom is 0.416 e. The van der Waals surface area contributed by atoms with Crippen molar-refractivity contribution >= 4 is 12.1 Å². The Labute approximate surface area is 172 Å². The van der Waals surface area contributed by atoms with Gasteiger partial charge < -0.3 is 4.74 Å². The van der Waals surface area contributed by atoms with Gasteiger partial charge in [0.15, 0.2) is 0 Å². The molecule has 0 saturated carbocycles. The fraction of sp³-hybridized carbons (Fsp3) is 0.130. The summed E-state index contributed by atoms with van der Waals surface area (Å²) in [6, 6.07) is 21.6. The average molecular weight is 412 g/mol. The van der Waals surface area contributed by atoms with Crippen LogP contribution in [0, 0.1) is 0 Å². The topological polar surface area (TPSA) is 50.7 Å². The van der Waals surface area contributed by atoms with Gasteiger partial charge in [0.05, 0.1) is 18.2 Å². The van der Waals surface area contributed by atoms with Crippen molar-refractivity contribution < 1.29 is 22.7 Å². The van der Waals surface area contributed by atoms with E-state index in [1.807, 2.05) is 36.4 Å². The standard InChI is InChI=1S/C23H19F3N2O2/c24-23(25,26)20-10-4-8-18(12-20)14-22(29)28-27-15-19-9-5-11-21(13-19)30-16-17-6-2-1-3-7-17/h1-13,15H,14,16H2,(H,28,29)/b27-15-. The van der Waals surface area contributed by atoms with Gasteiger partial charge in [0, 0.05) is 0 Å². The van der Waals surface area contributed by atoms with Crippen molar-refractivity contribution in [3.05, 3.63) is 101 Å². The zero-order valence-electron chi connectivity index (χ0n) is 15.9. The Morgan fingerprint density at radius 3 is 2.43 bits per heavy atom. The summed E-state index contributed by atoms with van der Waals surface area (Å²) in [6.45, 7) is 0.426. The van der Waals surface area contributed by atoms with Crippen molar-refractivity contribution in [2.75, 3.05) is 0 Å². The van der Waals surface area contributed by atoms with Crippen LogP contribution in [0.25, 0.3) is 0 Å². The van der Waals surface area contributed by atoms with Crippen LogP contribution < -0.4 is 10.2 Å². The van der Waals surface area contributed by atoms with Gasteiger partial charge >= 0.3 is 6.18 Å². The summed E-state index contributed by atoms with van der Waals surface area (Å²) < 4.78 is 44.0. The van der Waals surface area contributed by atoms with Gasteiger partial charge in [0.1, 0.15) is 12.4 Å². The first-order chi connectivity index (χ1) is 14.4. The van der Waals surface area contributed by atoms with Crippen molar-refractivity contribution in [3.8, 4) is 5.75 Å². The molecule has 0 atom stereocenters. The fourth-order valence-electron chi connectivity index (χ4n) is 2.69. The largest absolute Gasteiger partial charge is 0.489 e. The summed E-state index contributed by atoms with van der Waals surface area (Å²) in [5.41, 5.74) is 3.54. The number of ether oxygens (including phenoxy) is 1. The molecule has 0 aliphatic carbocycles. The smallest absolute Gasteiger partial charge is 0.416 e. The first-order valence-corrected chi connectivity index (χ1v) is 9.15. The molecular weight excluding hydrogens is 393 g/mol. The predicted octanol–water partition coefficient (Wildman–Crippen LogP) is 4.98. The normalized spacial score (nSPS) is 11.4. The van der Waals surface area contributed by atoms with Gasteiger partial charge in [0.2, 0.25) is 5.91 Å². The second-order valence-electron chi connectivity index (χ2n) is 6.51. The van der Waals surface area contributed by atoms with Crippen molar-refractivity contribution in [2.24, 2.45) is 5.10 Å².